The lowest BCUT2D eigenvalue weighted by Gasteiger charge is -2.27. The fourth-order valence-corrected chi connectivity index (χ4v) is 9.39. The SMILES string of the molecule is Cc1ccc(-n2c3ccccc3c3cc(-c4ccc(N(c5cccc6c5sc5ccccc56)c5cccc6oc7ccccc7c56)cc4)ccc32)cc1. The fraction of sp³-hybridized carbons (Fsp3) is 0.0204. The number of hydrogen-bond acceptors (Lipinski definition) is 3. The highest BCUT2D eigenvalue weighted by Gasteiger charge is 2.22. The van der Waals surface area contributed by atoms with Crippen molar-refractivity contribution in [3.05, 3.63) is 181 Å². The fourth-order valence-electron chi connectivity index (χ4n) is 8.19. The van der Waals surface area contributed by atoms with Gasteiger partial charge < -0.3 is 13.9 Å². The van der Waals surface area contributed by atoms with Gasteiger partial charge in [0.25, 0.3) is 0 Å². The monoisotopic (exact) mass is 696 g/mol. The molecule has 0 aliphatic carbocycles. The summed E-state index contributed by atoms with van der Waals surface area (Å²) < 4.78 is 11.3. The van der Waals surface area contributed by atoms with Gasteiger partial charge in [-0.05, 0) is 90.8 Å². The van der Waals surface area contributed by atoms with E-state index in [0.717, 1.165) is 39.0 Å². The van der Waals surface area contributed by atoms with Gasteiger partial charge in [-0.2, -0.15) is 0 Å². The van der Waals surface area contributed by atoms with Crippen LogP contribution >= 0.6 is 11.3 Å². The lowest BCUT2D eigenvalue weighted by atomic mass is 10.0. The molecule has 3 nitrogen and oxygen atoms in total. The summed E-state index contributed by atoms with van der Waals surface area (Å²) in [7, 11) is 0. The Balaban J connectivity index is 1.09. The summed E-state index contributed by atoms with van der Waals surface area (Å²) in [6.07, 6.45) is 0. The third kappa shape index (κ3) is 4.66. The average molecular weight is 697 g/mol. The Hall–Kier alpha value is -6.62. The minimum absolute atomic E-state index is 0.881. The molecule has 0 amide bonds. The Morgan fingerprint density at radius 2 is 1.15 bits per heavy atom. The van der Waals surface area contributed by atoms with E-state index in [1.807, 2.05) is 17.4 Å². The van der Waals surface area contributed by atoms with Gasteiger partial charge in [-0.3, -0.25) is 0 Å². The molecule has 0 bridgehead atoms. The van der Waals surface area contributed by atoms with Crippen LogP contribution in [-0.2, 0) is 0 Å². The minimum Gasteiger partial charge on any atom is -0.456 e. The van der Waals surface area contributed by atoms with Crippen LogP contribution in [0.25, 0.3) is 80.7 Å². The van der Waals surface area contributed by atoms with E-state index in [4.69, 9.17) is 4.42 Å². The molecule has 3 aromatic heterocycles. The first-order valence-electron chi connectivity index (χ1n) is 18.0. The van der Waals surface area contributed by atoms with Gasteiger partial charge in [0, 0.05) is 43.0 Å². The molecule has 11 rings (SSSR count). The molecule has 0 spiro atoms. The van der Waals surface area contributed by atoms with Crippen molar-refractivity contribution in [2.24, 2.45) is 0 Å². The summed E-state index contributed by atoms with van der Waals surface area (Å²) in [5.41, 5.74) is 12.3. The molecule has 11 aromatic rings. The summed E-state index contributed by atoms with van der Waals surface area (Å²) in [6.45, 7) is 2.14. The van der Waals surface area contributed by atoms with Crippen LogP contribution in [0.15, 0.2) is 180 Å². The minimum atomic E-state index is 0.881. The van der Waals surface area contributed by atoms with Gasteiger partial charge >= 0.3 is 0 Å². The van der Waals surface area contributed by atoms with Gasteiger partial charge in [-0.25, -0.2) is 0 Å². The van der Waals surface area contributed by atoms with Crippen molar-refractivity contribution in [1.82, 2.24) is 4.57 Å². The Morgan fingerprint density at radius 1 is 0.491 bits per heavy atom. The van der Waals surface area contributed by atoms with Crippen LogP contribution in [0.1, 0.15) is 5.56 Å². The Labute approximate surface area is 310 Å². The third-order valence-electron chi connectivity index (χ3n) is 10.7. The Morgan fingerprint density at radius 3 is 2.02 bits per heavy atom. The predicted molar refractivity (Wildman–Crippen MR) is 226 cm³/mol. The van der Waals surface area contributed by atoms with Gasteiger partial charge in [0.05, 0.1) is 32.5 Å². The standard InChI is InChI=1S/C49H32N2OS/c1-31-20-25-34(26-21-31)50-41-14-5-2-10-36(41)40-30-33(24-29-42(40)50)32-22-27-35(28-23-32)51(43-15-9-18-46-48(43)39-12-3-6-17-45(39)52-46)44-16-8-13-38-37-11-4-7-19-47(37)53-49(38)44/h2-30H,1H3. The number of anilines is 3. The van der Waals surface area contributed by atoms with Crippen molar-refractivity contribution >= 4 is 92.3 Å². The molecule has 0 saturated carbocycles. The molecule has 0 unspecified atom stereocenters. The molecule has 3 heterocycles. The number of aromatic nitrogens is 1. The first-order chi connectivity index (χ1) is 26.2. The Kier molecular flexibility index (Phi) is 6.64. The molecule has 53 heavy (non-hydrogen) atoms. The van der Waals surface area contributed by atoms with Crippen LogP contribution < -0.4 is 4.90 Å². The molecular formula is C49H32N2OS. The second kappa shape index (κ2) is 11.7. The quantitative estimate of drug-likeness (QED) is 0.179. The van der Waals surface area contributed by atoms with Gasteiger partial charge in [-0.1, -0.05) is 109 Å². The van der Waals surface area contributed by atoms with Gasteiger partial charge in [0.2, 0.25) is 0 Å². The van der Waals surface area contributed by atoms with Crippen molar-refractivity contribution in [3.63, 3.8) is 0 Å². The number of hydrogen-bond donors (Lipinski definition) is 0. The number of rotatable bonds is 5. The van der Waals surface area contributed by atoms with E-state index in [-0.39, 0.29) is 0 Å². The summed E-state index contributed by atoms with van der Waals surface area (Å²) >= 11 is 1.85. The highest BCUT2D eigenvalue weighted by molar-refractivity contribution is 7.26. The van der Waals surface area contributed by atoms with E-state index in [2.05, 4.69) is 186 Å². The van der Waals surface area contributed by atoms with Crippen LogP contribution in [0.3, 0.4) is 0 Å². The highest BCUT2D eigenvalue weighted by atomic mass is 32.1. The molecule has 0 saturated heterocycles. The maximum atomic E-state index is 6.40. The highest BCUT2D eigenvalue weighted by Crippen LogP contribution is 2.48. The lowest BCUT2D eigenvalue weighted by Crippen LogP contribution is -2.10. The number of furan rings is 1. The number of nitrogens with zero attached hydrogens (tertiary/aromatic N) is 2. The number of aryl methyl sites for hydroxylation is 1. The van der Waals surface area contributed by atoms with Crippen molar-refractivity contribution in [1.29, 1.82) is 0 Å². The zero-order chi connectivity index (χ0) is 35.0. The van der Waals surface area contributed by atoms with Gasteiger partial charge in [-0.15, -0.1) is 11.3 Å². The van der Waals surface area contributed by atoms with Gasteiger partial charge in [0.1, 0.15) is 11.2 Å². The van der Waals surface area contributed by atoms with E-state index in [1.54, 1.807) is 0 Å². The first-order valence-corrected chi connectivity index (χ1v) is 18.8. The number of benzene rings is 8. The van der Waals surface area contributed by atoms with Crippen LogP contribution in [0.4, 0.5) is 17.1 Å². The van der Waals surface area contributed by atoms with E-state index in [9.17, 15) is 0 Å². The summed E-state index contributed by atoms with van der Waals surface area (Å²) in [4.78, 5) is 2.42. The van der Waals surface area contributed by atoms with Crippen LogP contribution in [-0.4, -0.2) is 4.57 Å². The van der Waals surface area contributed by atoms with Crippen molar-refractivity contribution in [2.75, 3.05) is 4.90 Å². The lowest BCUT2D eigenvalue weighted by molar-refractivity contribution is 0.669. The van der Waals surface area contributed by atoms with E-state index >= 15 is 0 Å². The summed E-state index contributed by atoms with van der Waals surface area (Å²) in [5, 5.41) is 7.29. The molecule has 0 N–H and O–H groups in total. The molecule has 8 aromatic carbocycles. The van der Waals surface area contributed by atoms with Crippen LogP contribution in [0, 0.1) is 6.92 Å². The first kappa shape index (κ1) is 30.0. The predicted octanol–water partition coefficient (Wildman–Crippen LogP) is 14.5. The topological polar surface area (TPSA) is 21.3 Å². The zero-order valence-corrected chi connectivity index (χ0v) is 29.8. The normalized spacial score (nSPS) is 11.9. The maximum absolute atomic E-state index is 6.40. The van der Waals surface area contributed by atoms with Crippen molar-refractivity contribution in [3.8, 4) is 16.8 Å². The zero-order valence-electron chi connectivity index (χ0n) is 29.0. The largest absolute Gasteiger partial charge is 0.456 e. The van der Waals surface area contributed by atoms with E-state index in [0.29, 0.717) is 0 Å². The molecule has 0 radical (unpaired) electrons. The van der Waals surface area contributed by atoms with Crippen LogP contribution in [0.2, 0.25) is 0 Å². The molecule has 0 aliphatic heterocycles. The Bertz CT molecular complexity index is 3180. The second-order valence-corrected chi connectivity index (χ2v) is 14.9. The third-order valence-corrected chi connectivity index (χ3v) is 11.9. The molecule has 0 atom stereocenters. The van der Waals surface area contributed by atoms with Crippen LogP contribution in [0.5, 0.6) is 0 Å². The molecule has 250 valence electrons. The maximum Gasteiger partial charge on any atom is 0.137 e. The van der Waals surface area contributed by atoms with Crippen molar-refractivity contribution in [2.45, 2.75) is 6.92 Å². The summed E-state index contributed by atoms with van der Waals surface area (Å²) in [5.74, 6) is 0. The smallest absolute Gasteiger partial charge is 0.137 e. The number of fused-ring (bicyclic) bond motifs is 9. The molecule has 4 heteroatoms. The number of para-hydroxylation sites is 2. The van der Waals surface area contributed by atoms with E-state index < -0.39 is 0 Å². The van der Waals surface area contributed by atoms with Gasteiger partial charge in [0.15, 0.2) is 0 Å². The average Bonchev–Trinajstić information content (AvgIpc) is 3.89. The van der Waals surface area contributed by atoms with E-state index in [1.165, 1.54) is 64.4 Å². The molecule has 0 fully saturated rings. The number of thiophene rings is 1. The van der Waals surface area contributed by atoms with Crippen molar-refractivity contribution < 1.29 is 4.42 Å². The molecular weight excluding hydrogens is 665 g/mol. The molecule has 0 aliphatic rings. The summed E-state index contributed by atoms with van der Waals surface area (Å²) in [6, 6.07) is 63.6. The second-order valence-electron chi connectivity index (χ2n) is 13.8.